The van der Waals surface area contributed by atoms with Crippen molar-refractivity contribution < 1.29 is 28.6 Å². The highest BCUT2D eigenvalue weighted by atomic mass is 16.6. The van der Waals surface area contributed by atoms with Crippen molar-refractivity contribution in [1.29, 1.82) is 0 Å². The van der Waals surface area contributed by atoms with Crippen molar-refractivity contribution in [3.05, 3.63) is 97.2 Å². The molecule has 1 unspecified atom stereocenters. The van der Waals surface area contributed by atoms with Crippen LogP contribution in [0.3, 0.4) is 0 Å². The van der Waals surface area contributed by atoms with Gasteiger partial charge in [0.2, 0.25) is 0 Å². The number of allylic oxidation sites excluding steroid dienone is 16. The molecule has 0 aliphatic rings. The predicted molar refractivity (Wildman–Crippen MR) is 274 cm³/mol. The predicted octanol–water partition coefficient (Wildman–Crippen LogP) is 17.4. The van der Waals surface area contributed by atoms with Crippen LogP contribution in [0.2, 0.25) is 0 Å². The third kappa shape index (κ3) is 49.3. The minimum Gasteiger partial charge on any atom is -0.462 e. The normalized spacial score (nSPS) is 12.9. The summed E-state index contributed by atoms with van der Waals surface area (Å²) in [5.41, 5.74) is 0. The van der Waals surface area contributed by atoms with E-state index in [4.69, 9.17) is 14.2 Å². The molecule has 0 aromatic heterocycles. The number of hydrogen-bond acceptors (Lipinski definition) is 6. The molecule has 0 rings (SSSR count). The summed E-state index contributed by atoms with van der Waals surface area (Å²) in [6, 6.07) is 0. The van der Waals surface area contributed by atoms with Gasteiger partial charge < -0.3 is 14.2 Å². The molecule has 0 bridgehead atoms. The number of ether oxygens (including phenoxy) is 3. The summed E-state index contributed by atoms with van der Waals surface area (Å²) in [5, 5.41) is 0. The van der Waals surface area contributed by atoms with Crippen molar-refractivity contribution >= 4 is 17.9 Å². The third-order valence-corrected chi connectivity index (χ3v) is 10.8. The smallest absolute Gasteiger partial charge is 0.306 e. The Hall–Kier alpha value is -3.67. The number of carbonyl (C=O) groups is 3. The zero-order valence-electron chi connectivity index (χ0n) is 41.5. The van der Waals surface area contributed by atoms with Crippen LogP contribution in [0, 0.1) is 0 Å². The van der Waals surface area contributed by atoms with Crippen molar-refractivity contribution in [3.63, 3.8) is 0 Å². The Kier molecular flexibility index (Phi) is 49.0. The second kappa shape index (κ2) is 52.0. The maximum Gasteiger partial charge on any atom is 0.306 e. The second-order valence-corrected chi connectivity index (χ2v) is 17.1. The average Bonchev–Trinajstić information content (AvgIpc) is 3.29. The number of carbonyl (C=O) groups excluding carboxylic acids is 3. The molecule has 1 atom stereocenters. The quantitative estimate of drug-likeness (QED) is 0.0262. The van der Waals surface area contributed by atoms with Crippen molar-refractivity contribution in [1.82, 2.24) is 0 Å². The van der Waals surface area contributed by atoms with E-state index >= 15 is 0 Å². The first-order chi connectivity index (χ1) is 31.5. The van der Waals surface area contributed by atoms with Gasteiger partial charge in [0.25, 0.3) is 0 Å². The number of esters is 3. The summed E-state index contributed by atoms with van der Waals surface area (Å²) in [7, 11) is 0. The van der Waals surface area contributed by atoms with Crippen LogP contribution in [-0.2, 0) is 28.6 Å². The fourth-order valence-electron chi connectivity index (χ4n) is 6.87. The van der Waals surface area contributed by atoms with E-state index in [0.717, 1.165) is 135 Å². The molecule has 64 heavy (non-hydrogen) atoms. The summed E-state index contributed by atoms with van der Waals surface area (Å²) in [6.45, 7) is 6.37. The first-order valence-corrected chi connectivity index (χ1v) is 26.2. The van der Waals surface area contributed by atoms with Gasteiger partial charge in [0.15, 0.2) is 6.10 Å². The van der Waals surface area contributed by atoms with Gasteiger partial charge in [-0.2, -0.15) is 0 Å². The summed E-state index contributed by atoms with van der Waals surface area (Å²) in [5.74, 6) is -0.927. The highest BCUT2D eigenvalue weighted by Gasteiger charge is 2.19. The van der Waals surface area contributed by atoms with Gasteiger partial charge in [-0.05, 0) is 96.3 Å². The molecule has 6 heteroatoms. The lowest BCUT2D eigenvalue weighted by molar-refractivity contribution is -0.167. The zero-order valence-corrected chi connectivity index (χ0v) is 41.5. The highest BCUT2D eigenvalue weighted by Crippen LogP contribution is 2.14. The first kappa shape index (κ1) is 60.3. The molecule has 0 radical (unpaired) electrons. The monoisotopic (exact) mass is 889 g/mol. The lowest BCUT2D eigenvalue weighted by atomic mass is 10.1. The van der Waals surface area contributed by atoms with Crippen molar-refractivity contribution in [2.45, 2.75) is 239 Å². The molecule has 364 valence electrons. The Labute approximate surface area is 394 Å². The molecule has 0 fully saturated rings. The van der Waals surface area contributed by atoms with Crippen LogP contribution in [0.4, 0.5) is 0 Å². The number of hydrogen-bond donors (Lipinski definition) is 0. The first-order valence-electron chi connectivity index (χ1n) is 26.2. The molecule has 0 saturated carbocycles. The molecule has 6 nitrogen and oxygen atoms in total. The van der Waals surface area contributed by atoms with Crippen LogP contribution in [0.5, 0.6) is 0 Å². The number of rotatable bonds is 46. The maximum absolute atomic E-state index is 12.7. The van der Waals surface area contributed by atoms with E-state index in [1.54, 1.807) is 0 Å². The Morgan fingerprint density at radius 3 is 1.00 bits per heavy atom. The molecule has 0 aromatic carbocycles. The summed E-state index contributed by atoms with van der Waals surface area (Å²) in [6.07, 6.45) is 68.6. The van der Waals surface area contributed by atoms with Gasteiger partial charge in [0.05, 0.1) is 0 Å². The van der Waals surface area contributed by atoms with Crippen LogP contribution < -0.4 is 0 Å². The van der Waals surface area contributed by atoms with Crippen LogP contribution in [0.1, 0.15) is 233 Å². The summed E-state index contributed by atoms with van der Waals surface area (Å²) < 4.78 is 16.6. The minimum atomic E-state index is -0.784. The third-order valence-electron chi connectivity index (χ3n) is 10.8. The fourth-order valence-corrected chi connectivity index (χ4v) is 6.87. The highest BCUT2D eigenvalue weighted by molar-refractivity contribution is 5.71. The Morgan fingerprint density at radius 2 is 0.625 bits per heavy atom. The van der Waals surface area contributed by atoms with Crippen LogP contribution in [-0.4, -0.2) is 37.2 Å². The Morgan fingerprint density at radius 1 is 0.328 bits per heavy atom. The fraction of sp³-hybridized carbons (Fsp3) is 0.672. The molecule has 0 amide bonds. The standard InChI is InChI=1S/C58H96O6/c1-4-7-10-13-15-17-19-21-23-24-25-26-27-28-29-30-31-32-33-34-35-37-38-40-42-45-48-51-57(60)63-54-55(53-62-56(59)50-47-44-12-9-6-3)64-58(61)52-49-46-43-41-39-36-22-20-18-16-14-11-8-5-2/h7,10,14-17,20-23,25-26,28-29,31-32,55H,4-6,8-9,11-13,18-19,24,27,30,33-54H2,1-3H3/b10-7-,16-14-,17-15-,22-20-,23-21-,26-25-,29-28-,32-31-. The molecule has 0 heterocycles. The van der Waals surface area contributed by atoms with Crippen molar-refractivity contribution in [2.24, 2.45) is 0 Å². The van der Waals surface area contributed by atoms with Gasteiger partial charge >= 0.3 is 17.9 Å². The molecular formula is C58H96O6. The van der Waals surface area contributed by atoms with E-state index in [9.17, 15) is 14.4 Å². The van der Waals surface area contributed by atoms with Crippen molar-refractivity contribution in [2.75, 3.05) is 13.2 Å². The molecular weight excluding hydrogens is 793 g/mol. The molecule has 0 aliphatic carbocycles. The molecule has 0 aliphatic heterocycles. The lowest BCUT2D eigenvalue weighted by Crippen LogP contribution is -2.30. The van der Waals surface area contributed by atoms with Gasteiger partial charge in [-0.15, -0.1) is 0 Å². The van der Waals surface area contributed by atoms with Gasteiger partial charge in [0.1, 0.15) is 13.2 Å². The topological polar surface area (TPSA) is 78.9 Å². The Balaban J connectivity index is 4.14. The molecule has 0 saturated heterocycles. The van der Waals surface area contributed by atoms with Gasteiger partial charge in [-0.25, -0.2) is 0 Å². The van der Waals surface area contributed by atoms with E-state index < -0.39 is 6.10 Å². The van der Waals surface area contributed by atoms with E-state index in [-0.39, 0.29) is 31.1 Å². The summed E-state index contributed by atoms with van der Waals surface area (Å²) in [4.78, 5) is 37.6. The van der Waals surface area contributed by atoms with Crippen LogP contribution >= 0.6 is 0 Å². The minimum absolute atomic E-state index is 0.0871. The second-order valence-electron chi connectivity index (χ2n) is 17.1. The van der Waals surface area contributed by atoms with E-state index in [2.05, 4.69) is 118 Å². The van der Waals surface area contributed by atoms with E-state index in [1.807, 2.05) is 0 Å². The van der Waals surface area contributed by atoms with E-state index in [1.165, 1.54) is 57.8 Å². The SMILES string of the molecule is CC/C=C\C/C=C\C/C=C\C/C=C\C/C=C\C/C=C\CCCCCCCCCCC(=O)OCC(COC(=O)CCCCCCC)OC(=O)CCCCCCC/C=C\C/C=C\CCCC. The lowest BCUT2D eigenvalue weighted by Gasteiger charge is -2.18. The molecule has 0 spiro atoms. The largest absolute Gasteiger partial charge is 0.462 e. The summed E-state index contributed by atoms with van der Waals surface area (Å²) >= 11 is 0. The van der Waals surface area contributed by atoms with Gasteiger partial charge in [0, 0.05) is 19.3 Å². The zero-order chi connectivity index (χ0) is 46.5. The maximum atomic E-state index is 12.7. The Bertz CT molecular complexity index is 1300. The van der Waals surface area contributed by atoms with Crippen LogP contribution in [0.25, 0.3) is 0 Å². The molecule has 0 N–H and O–H groups in total. The van der Waals surface area contributed by atoms with Gasteiger partial charge in [-0.3, -0.25) is 14.4 Å². The van der Waals surface area contributed by atoms with Crippen molar-refractivity contribution in [3.8, 4) is 0 Å². The van der Waals surface area contributed by atoms with Crippen LogP contribution in [0.15, 0.2) is 97.2 Å². The van der Waals surface area contributed by atoms with Gasteiger partial charge in [-0.1, -0.05) is 214 Å². The number of unbranched alkanes of at least 4 members (excludes halogenated alkanes) is 19. The average molecular weight is 889 g/mol. The van der Waals surface area contributed by atoms with E-state index in [0.29, 0.717) is 19.3 Å². The molecule has 0 aromatic rings.